The van der Waals surface area contributed by atoms with E-state index in [-0.39, 0.29) is 31.3 Å². The molecule has 0 saturated heterocycles. The van der Waals surface area contributed by atoms with Gasteiger partial charge in [0.15, 0.2) is 5.75 Å². The van der Waals surface area contributed by atoms with Crippen molar-refractivity contribution in [3.8, 4) is 11.5 Å². The van der Waals surface area contributed by atoms with Crippen molar-refractivity contribution in [3.63, 3.8) is 0 Å². The van der Waals surface area contributed by atoms with Crippen molar-refractivity contribution in [2.45, 2.75) is 6.18 Å². The van der Waals surface area contributed by atoms with Crippen molar-refractivity contribution in [1.29, 1.82) is 0 Å². The second-order valence-electron chi connectivity index (χ2n) is 4.63. The third kappa shape index (κ3) is 3.24. The summed E-state index contributed by atoms with van der Waals surface area (Å²) in [7, 11) is 0. The lowest BCUT2D eigenvalue weighted by molar-refractivity contribution is -0.144. The zero-order chi connectivity index (χ0) is 17.6. The maximum atomic E-state index is 12.9. The predicted molar refractivity (Wildman–Crippen MR) is 93.0 cm³/mol. The molecule has 0 bridgehead atoms. The van der Waals surface area contributed by atoms with Gasteiger partial charge in [-0.25, -0.2) is 4.98 Å². The molecule has 1 aromatic heterocycles. The maximum Gasteiger partial charge on any atom is 0.449 e. The number of fused-ring (bicyclic) bond motifs is 1. The fourth-order valence-corrected chi connectivity index (χ4v) is 3.10. The van der Waals surface area contributed by atoms with Crippen LogP contribution in [0.1, 0.15) is 5.82 Å². The summed E-state index contributed by atoms with van der Waals surface area (Å²) < 4.78 is 45.5. The lowest BCUT2D eigenvalue weighted by Gasteiger charge is -2.11. The van der Waals surface area contributed by atoms with Gasteiger partial charge in [-0.1, -0.05) is 39.1 Å². The number of nitrogens with zero attached hydrogens (tertiary/aromatic N) is 1. The number of ether oxygens (including phenoxy) is 1. The van der Waals surface area contributed by atoms with E-state index in [0.717, 1.165) is 4.47 Å². The van der Waals surface area contributed by atoms with Gasteiger partial charge in [-0.15, -0.1) is 0 Å². The lowest BCUT2D eigenvalue weighted by atomic mass is 10.3. The van der Waals surface area contributed by atoms with Crippen LogP contribution in [-0.4, -0.2) is 9.97 Å². The molecular formula is C14H5Br2Cl2F3N2O. The fourth-order valence-electron chi connectivity index (χ4n) is 1.96. The number of H-pyrrole nitrogens is 1. The van der Waals surface area contributed by atoms with Crippen molar-refractivity contribution in [2.24, 2.45) is 0 Å². The van der Waals surface area contributed by atoms with E-state index in [1.54, 1.807) is 24.3 Å². The molecule has 1 heterocycles. The molecule has 0 unspecified atom stereocenters. The third-order valence-electron chi connectivity index (χ3n) is 3.03. The molecule has 0 fully saturated rings. The number of aromatic amines is 1. The average molecular weight is 505 g/mol. The molecule has 0 spiro atoms. The van der Waals surface area contributed by atoms with Gasteiger partial charge < -0.3 is 9.72 Å². The van der Waals surface area contributed by atoms with Crippen LogP contribution in [0.5, 0.6) is 11.5 Å². The minimum Gasteiger partial charge on any atom is -0.453 e. The summed E-state index contributed by atoms with van der Waals surface area (Å²) in [5.74, 6) is -0.804. The molecule has 1 N–H and O–H groups in total. The number of benzene rings is 2. The minimum atomic E-state index is -4.66. The molecule has 126 valence electrons. The molecule has 3 rings (SSSR count). The fraction of sp³-hybridized carbons (Fsp3) is 0.0714. The Morgan fingerprint density at radius 1 is 1.04 bits per heavy atom. The summed E-state index contributed by atoms with van der Waals surface area (Å²) in [6.45, 7) is 0. The Labute approximate surface area is 160 Å². The van der Waals surface area contributed by atoms with Gasteiger partial charge in [0.2, 0.25) is 5.82 Å². The van der Waals surface area contributed by atoms with Crippen LogP contribution in [0.25, 0.3) is 11.0 Å². The second kappa shape index (κ2) is 6.40. The Hall–Kier alpha value is -0.960. The van der Waals surface area contributed by atoms with Crippen LogP contribution in [0, 0.1) is 0 Å². The van der Waals surface area contributed by atoms with Gasteiger partial charge in [-0.3, -0.25) is 0 Å². The summed E-state index contributed by atoms with van der Waals surface area (Å²) in [6, 6.07) is 6.71. The highest BCUT2D eigenvalue weighted by molar-refractivity contribution is 9.10. The molecule has 2 aromatic carbocycles. The van der Waals surface area contributed by atoms with Crippen molar-refractivity contribution in [3.05, 3.63) is 49.1 Å². The predicted octanol–water partition coefficient (Wildman–Crippen LogP) is 7.21. The highest BCUT2D eigenvalue weighted by Crippen LogP contribution is 2.46. The van der Waals surface area contributed by atoms with Gasteiger partial charge in [0, 0.05) is 4.47 Å². The van der Waals surface area contributed by atoms with Gasteiger partial charge in [0.1, 0.15) is 21.8 Å². The van der Waals surface area contributed by atoms with E-state index in [0.29, 0.717) is 5.75 Å². The zero-order valence-electron chi connectivity index (χ0n) is 11.3. The summed E-state index contributed by atoms with van der Waals surface area (Å²) >= 11 is 18.7. The van der Waals surface area contributed by atoms with E-state index in [1.807, 2.05) is 0 Å². The van der Waals surface area contributed by atoms with Crippen LogP contribution in [0.3, 0.4) is 0 Å². The summed E-state index contributed by atoms with van der Waals surface area (Å²) in [4.78, 5) is 5.70. The quantitative estimate of drug-likeness (QED) is 0.375. The first-order chi connectivity index (χ1) is 11.2. The number of rotatable bonds is 2. The molecule has 0 aliphatic heterocycles. The Morgan fingerprint density at radius 3 is 2.25 bits per heavy atom. The maximum absolute atomic E-state index is 12.9. The van der Waals surface area contributed by atoms with Crippen LogP contribution in [0.15, 0.2) is 33.2 Å². The third-order valence-corrected chi connectivity index (χ3v) is 5.53. The standard InChI is InChI=1S/C14H5Br2Cl2F3N2O/c15-5-1-3-6(4-2-5)24-12-9(18)7(16)8(17)10-11(12)23-13(22-10)14(19,20)21/h1-4H,(H,22,23). The Balaban J connectivity index is 2.21. The zero-order valence-corrected chi connectivity index (χ0v) is 16.0. The van der Waals surface area contributed by atoms with Crippen molar-refractivity contribution in [2.75, 3.05) is 0 Å². The van der Waals surface area contributed by atoms with Crippen LogP contribution >= 0.6 is 55.1 Å². The highest BCUT2D eigenvalue weighted by Gasteiger charge is 2.36. The second-order valence-corrected chi connectivity index (χ2v) is 7.10. The average Bonchev–Trinajstić information content (AvgIpc) is 2.97. The molecule has 0 saturated carbocycles. The van der Waals surface area contributed by atoms with Crippen LogP contribution in [0.4, 0.5) is 13.2 Å². The summed E-state index contributed by atoms with van der Waals surface area (Å²) in [5.41, 5.74) is -0.129. The van der Waals surface area contributed by atoms with Crippen molar-refractivity contribution >= 4 is 66.1 Å². The SMILES string of the molecule is FC(F)(F)c1nc2c(Cl)c(Br)c(Cl)c(Oc3ccc(Br)cc3)c2[nH]1. The van der Waals surface area contributed by atoms with Gasteiger partial charge >= 0.3 is 6.18 Å². The monoisotopic (exact) mass is 502 g/mol. The smallest absolute Gasteiger partial charge is 0.449 e. The number of imidazole rings is 1. The number of hydrogen-bond acceptors (Lipinski definition) is 2. The Morgan fingerprint density at radius 2 is 1.67 bits per heavy atom. The van der Waals surface area contributed by atoms with Gasteiger partial charge in [-0.05, 0) is 40.2 Å². The van der Waals surface area contributed by atoms with Crippen molar-refractivity contribution < 1.29 is 17.9 Å². The molecule has 0 amide bonds. The minimum absolute atomic E-state index is 0.00624. The van der Waals surface area contributed by atoms with Crippen LogP contribution in [0.2, 0.25) is 10.0 Å². The van der Waals surface area contributed by atoms with E-state index in [2.05, 4.69) is 41.8 Å². The number of alkyl halides is 3. The number of halogens is 7. The van der Waals surface area contributed by atoms with Crippen LogP contribution in [-0.2, 0) is 6.18 Å². The van der Waals surface area contributed by atoms with E-state index in [4.69, 9.17) is 27.9 Å². The molecule has 0 radical (unpaired) electrons. The van der Waals surface area contributed by atoms with Gasteiger partial charge in [-0.2, -0.15) is 13.2 Å². The molecule has 10 heteroatoms. The van der Waals surface area contributed by atoms with Gasteiger partial charge in [0.05, 0.1) is 9.50 Å². The molecular weight excluding hydrogens is 500 g/mol. The lowest BCUT2D eigenvalue weighted by Crippen LogP contribution is -2.06. The summed E-state index contributed by atoms with van der Waals surface area (Å²) in [6.07, 6.45) is -4.66. The largest absolute Gasteiger partial charge is 0.453 e. The molecule has 0 atom stereocenters. The molecule has 24 heavy (non-hydrogen) atoms. The van der Waals surface area contributed by atoms with Crippen LogP contribution < -0.4 is 4.74 Å². The van der Waals surface area contributed by atoms with Gasteiger partial charge in [0.25, 0.3) is 0 Å². The Kier molecular flexibility index (Phi) is 4.76. The molecule has 0 aliphatic rings. The number of hydrogen-bond donors (Lipinski definition) is 1. The molecule has 0 aliphatic carbocycles. The summed E-state index contributed by atoms with van der Waals surface area (Å²) in [5, 5.41) is -0.00213. The first kappa shape index (κ1) is 17.8. The Bertz CT molecular complexity index is 927. The van der Waals surface area contributed by atoms with E-state index >= 15 is 0 Å². The first-order valence-electron chi connectivity index (χ1n) is 6.25. The number of nitrogens with one attached hydrogen (secondary N) is 1. The van der Waals surface area contributed by atoms with E-state index in [9.17, 15) is 13.2 Å². The molecule has 3 nitrogen and oxygen atoms in total. The number of aromatic nitrogens is 2. The topological polar surface area (TPSA) is 37.9 Å². The van der Waals surface area contributed by atoms with Crippen molar-refractivity contribution in [1.82, 2.24) is 9.97 Å². The normalized spacial score (nSPS) is 12.0. The highest BCUT2D eigenvalue weighted by atomic mass is 79.9. The van der Waals surface area contributed by atoms with E-state index in [1.165, 1.54) is 0 Å². The molecule has 3 aromatic rings. The van der Waals surface area contributed by atoms with E-state index < -0.39 is 12.0 Å². The first-order valence-corrected chi connectivity index (χ1v) is 8.59.